The van der Waals surface area contributed by atoms with Crippen molar-refractivity contribution >= 4 is 18.2 Å². The van der Waals surface area contributed by atoms with Gasteiger partial charge in [0, 0.05) is 30.6 Å². The lowest BCUT2D eigenvalue weighted by Crippen LogP contribution is -2.23. The predicted molar refractivity (Wildman–Crippen MR) is 111 cm³/mol. The SMILES string of the molecule is CCc1nc(C)cn1CC(CC)C(=O)c1ccc(OC)c2c1CCCC2.Cl. The van der Waals surface area contributed by atoms with Crippen LogP contribution >= 0.6 is 12.4 Å². The molecule has 0 bridgehead atoms. The Kier molecular flexibility index (Phi) is 7.49. The van der Waals surface area contributed by atoms with E-state index in [0.29, 0.717) is 6.54 Å². The maximum absolute atomic E-state index is 13.4. The lowest BCUT2D eigenvalue weighted by Gasteiger charge is -2.24. The molecule has 1 aliphatic carbocycles. The summed E-state index contributed by atoms with van der Waals surface area (Å²) in [4.78, 5) is 18.0. The Balaban J connectivity index is 0.00000261. The van der Waals surface area contributed by atoms with E-state index < -0.39 is 0 Å². The first-order valence-electron chi connectivity index (χ1n) is 9.84. The summed E-state index contributed by atoms with van der Waals surface area (Å²) in [7, 11) is 1.72. The molecular formula is C22H31ClN2O2. The van der Waals surface area contributed by atoms with Crippen molar-refractivity contribution < 1.29 is 9.53 Å². The van der Waals surface area contributed by atoms with Gasteiger partial charge in [-0.05, 0) is 62.3 Å². The number of carbonyl (C=O) groups excluding carboxylic acids is 1. The molecule has 0 aliphatic heterocycles. The number of hydrogen-bond donors (Lipinski definition) is 0. The summed E-state index contributed by atoms with van der Waals surface area (Å²) in [6, 6.07) is 3.96. The van der Waals surface area contributed by atoms with E-state index in [9.17, 15) is 4.79 Å². The molecule has 0 saturated heterocycles. The van der Waals surface area contributed by atoms with E-state index in [-0.39, 0.29) is 24.1 Å². The molecule has 148 valence electrons. The summed E-state index contributed by atoms with van der Waals surface area (Å²) in [5, 5.41) is 0. The Labute approximate surface area is 168 Å². The molecular weight excluding hydrogens is 360 g/mol. The van der Waals surface area contributed by atoms with Crippen molar-refractivity contribution in [3.8, 4) is 5.75 Å². The van der Waals surface area contributed by atoms with E-state index in [1.54, 1.807) is 7.11 Å². The number of aryl methyl sites for hydroxylation is 2. The molecule has 0 radical (unpaired) electrons. The van der Waals surface area contributed by atoms with Crippen molar-refractivity contribution in [1.82, 2.24) is 9.55 Å². The van der Waals surface area contributed by atoms with Gasteiger partial charge in [-0.3, -0.25) is 4.79 Å². The van der Waals surface area contributed by atoms with Crippen LogP contribution in [0, 0.1) is 12.8 Å². The smallest absolute Gasteiger partial charge is 0.168 e. The minimum atomic E-state index is -0.0201. The van der Waals surface area contributed by atoms with Crippen LogP contribution in [-0.2, 0) is 25.8 Å². The highest BCUT2D eigenvalue weighted by Crippen LogP contribution is 2.33. The summed E-state index contributed by atoms with van der Waals surface area (Å²) in [5.41, 5.74) is 4.39. The largest absolute Gasteiger partial charge is 0.496 e. The van der Waals surface area contributed by atoms with E-state index in [1.165, 1.54) is 17.5 Å². The molecule has 1 aromatic carbocycles. The number of carbonyl (C=O) groups is 1. The summed E-state index contributed by atoms with van der Waals surface area (Å²) in [6.45, 7) is 6.94. The Morgan fingerprint density at radius 1 is 1.22 bits per heavy atom. The van der Waals surface area contributed by atoms with Crippen LogP contribution in [0.5, 0.6) is 5.75 Å². The maximum atomic E-state index is 13.4. The average molecular weight is 391 g/mol. The van der Waals surface area contributed by atoms with Gasteiger partial charge in [0.1, 0.15) is 11.6 Å². The standard InChI is InChI=1S/C22H30N2O2.ClH/c1-5-16(14-24-13-15(3)23-21(24)6-2)22(25)19-11-12-20(26-4)18-10-8-7-9-17(18)19;/h11-13,16H,5-10,14H2,1-4H3;1H. The number of nitrogens with zero attached hydrogens (tertiary/aromatic N) is 2. The number of ketones is 1. The number of aromatic nitrogens is 2. The fraction of sp³-hybridized carbons (Fsp3) is 0.545. The van der Waals surface area contributed by atoms with Crippen LogP contribution < -0.4 is 4.74 Å². The number of Topliss-reactive ketones (excluding diaryl/α,β-unsaturated/α-hetero) is 1. The van der Waals surface area contributed by atoms with Crippen LogP contribution in [-0.4, -0.2) is 22.4 Å². The van der Waals surface area contributed by atoms with Crippen molar-refractivity contribution in [3.63, 3.8) is 0 Å². The van der Waals surface area contributed by atoms with Gasteiger partial charge in [0.15, 0.2) is 5.78 Å². The summed E-state index contributed by atoms with van der Waals surface area (Å²) >= 11 is 0. The third-order valence-corrected chi connectivity index (χ3v) is 5.55. The number of rotatable bonds is 7. The van der Waals surface area contributed by atoms with Gasteiger partial charge in [-0.15, -0.1) is 12.4 Å². The quantitative estimate of drug-likeness (QED) is 0.627. The molecule has 0 fully saturated rings. The number of methoxy groups -OCH3 is 1. The molecule has 1 aromatic heterocycles. The first kappa shape index (κ1) is 21.5. The number of fused-ring (bicyclic) bond motifs is 1. The van der Waals surface area contributed by atoms with Crippen molar-refractivity contribution in [2.45, 2.75) is 65.8 Å². The molecule has 4 nitrogen and oxygen atoms in total. The van der Waals surface area contributed by atoms with E-state index in [2.05, 4.69) is 29.6 Å². The van der Waals surface area contributed by atoms with Gasteiger partial charge in [-0.25, -0.2) is 4.98 Å². The highest BCUT2D eigenvalue weighted by Gasteiger charge is 2.26. The molecule has 1 aliphatic rings. The molecule has 3 rings (SSSR count). The van der Waals surface area contributed by atoms with Gasteiger partial charge in [-0.1, -0.05) is 13.8 Å². The Morgan fingerprint density at radius 3 is 2.56 bits per heavy atom. The van der Waals surface area contributed by atoms with Crippen molar-refractivity contribution in [3.05, 3.63) is 46.5 Å². The topological polar surface area (TPSA) is 44.1 Å². The fourth-order valence-electron chi connectivity index (χ4n) is 4.15. The molecule has 2 aromatic rings. The van der Waals surface area contributed by atoms with Gasteiger partial charge >= 0.3 is 0 Å². The van der Waals surface area contributed by atoms with Crippen LogP contribution in [0.1, 0.15) is 66.1 Å². The van der Waals surface area contributed by atoms with Gasteiger partial charge < -0.3 is 9.30 Å². The van der Waals surface area contributed by atoms with Crippen LogP contribution in [0.3, 0.4) is 0 Å². The number of benzene rings is 1. The van der Waals surface area contributed by atoms with Crippen LogP contribution in [0.4, 0.5) is 0 Å². The summed E-state index contributed by atoms with van der Waals surface area (Å²) in [6.07, 6.45) is 8.10. The monoisotopic (exact) mass is 390 g/mol. The van der Waals surface area contributed by atoms with Crippen molar-refractivity contribution in [2.24, 2.45) is 5.92 Å². The number of imidazole rings is 1. The molecule has 0 spiro atoms. The Hall–Kier alpha value is -1.81. The normalized spacial score (nSPS) is 14.2. The van der Waals surface area contributed by atoms with E-state index in [0.717, 1.165) is 54.9 Å². The summed E-state index contributed by atoms with van der Waals surface area (Å²) in [5.74, 6) is 2.24. The lowest BCUT2D eigenvalue weighted by atomic mass is 9.83. The van der Waals surface area contributed by atoms with Gasteiger partial charge in [0.05, 0.1) is 12.8 Å². The predicted octanol–water partition coefficient (Wildman–Crippen LogP) is 4.97. The van der Waals surface area contributed by atoms with Crippen LogP contribution in [0.2, 0.25) is 0 Å². The molecule has 0 N–H and O–H groups in total. The third-order valence-electron chi connectivity index (χ3n) is 5.55. The zero-order valence-corrected chi connectivity index (χ0v) is 17.7. The van der Waals surface area contributed by atoms with Crippen molar-refractivity contribution in [1.29, 1.82) is 0 Å². The van der Waals surface area contributed by atoms with Crippen molar-refractivity contribution in [2.75, 3.05) is 7.11 Å². The molecule has 5 heteroatoms. The first-order chi connectivity index (χ1) is 12.6. The molecule has 1 atom stereocenters. The highest BCUT2D eigenvalue weighted by molar-refractivity contribution is 5.99. The zero-order chi connectivity index (χ0) is 18.7. The Morgan fingerprint density at radius 2 is 1.93 bits per heavy atom. The summed E-state index contributed by atoms with van der Waals surface area (Å²) < 4.78 is 7.70. The second kappa shape index (κ2) is 9.41. The highest BCUT2D eigenvalue weighted by atomic mass is 35.5. The second-order valence-electron chi connectivity index (χ2n) is 7.25. The fourth-order valence-corrected chi connectivity index (χ4v) is 4.15. The first-order valence-corrected chi connectivity index (χ1v) is 9.84. The molecule has 0 saturated carbocycles. The maximum Gasteiger partial charge on any atom is 0.168 e. The van der Waals surface area contributed by atoms with Gasteiger partial charge in [0.2, 0.25) is 0 Å². The third kappa shape index (κ3) is 4.37. The Bertz CT molecular complexity index is 798. The van der Waals surface area contributed by atoms with Gasteiger partial charge in [0.25, 0.3) is 0 Å². The second-order valence-corrected chi connectivity index (χ2v) is 7.25. The minimum absolute atomic E-state index is 0. The number of halogens is 1. The van der Waals surface area contributed by atoms with Gasteiger partial charge in [-0.2, -0.15) is 0 Å². The molecule has 27 heavy (non-hydrogen) atoms. The molecule has 0 amide bonds. The lowest BCUT2D eigenvalue weighted by molar-refractivity contribution is 0.0901. The van der Waals surface area contributed by atoms with E-state index in [4.69, 9.17) is 4.74 Å². The average Bonchev–Trinajstić information content (AvgIpc) is 3.04. The molecule has 1 unspecified atom stereocenters. The van der Waals surface area contributed by atoms with Crippen LogP contribution in [0.15, 0.2) is 18.3 Å². The molecule has 1 heterocycles. The van der Waals surface area contributed by atoms with E-state index in [1.807, 2.05) is 19.1 Å². The number of ether oxygens (including phenoxy) is 1. The number of hydrogen-bond acceptors (Lipinski definition) is 3. The van der Waals surface area contributed by atoms with E-state index >= 15 is 0 Å². The van der Waals surface area contributed by atoms with Crippen LogP contribution in [0.25, 0.3) is 0 Å². The minimum Gasteiger partial charge on any atom is -0.496 e. The zero-order valence-electron chi connectivity index (χ0n) is 16.9.